The highest BCUT2D eigenvalue weighted by Crippen LogP contribution is 2.49. The van der Waals surface area contributed by atoms with Crippen molar-refractivity contribution in [1.82, 2.24) is 20.6 Å². The lowest BCUT2D eigenvalue weighted by Crippen LogP contribution is -2.42. The minimum atomic E-state index is -1.03. The van der Waals surface area contributed by atoms with E-state index in [0.717, 1.165) is 107 Å². The molecule has 2 aromatic heterocycles. The number of aromatic hydroxyl groups is 2. The van der Waals surface area contributed by atoms with Crippen molar-refractivity contribution in [2.45, 2.75) is 353 Å². The van der Waals surface area contributed by atoms with Gasteiger partial charge in [0.15, 0.2) is 0 Å². The fourth-order valence-corrected chi connectivity index (χ4v) is 13.6. The van der Waals surface area contributed by atoms with Crippen LogP contribution in [0.2, 0.25) is 0 Å². The second-order valence-corrected chi connectivity index (χ2v) is 38.0. The molecule has 1 aliphatic rings. The van der Waals surface area contributed by atoms with Crippen molar-refractivity contribution in [2.24, 2.45) is 40.2 Å². The number of amides is 2. The number of hydrogen-bond acceptors (Lipinski definition) is 23. The highest BCUT2D eigenvalue weighted by Gasteiger charge is 2.30. The highest BCUT2D eigenvalue weighted by atomic mass is 33.1. The van der Waals surface area contributed by atoms with Crippen LogP contribution in [0, 0.1) is 48.3 Å². The number of carbonyl (C=O) groups excluding carboxylic acids is 7. The molecule has 2 amide bonds. The second kappa shape index (κ2) is 86.5. The van der Waals surface area contributed by atoms with Gasteiger partial charge in [0.25, 0.3) is 0 Å². The van der Waals surface area contributed by atoms with Crippen LogP contribution in [-0.2, 0) is 88.2 Å². The molecule has 1 aliphatic heterocycles. The number of aromatic nitrogens is 2. The van der Waals surface area contributed by atoms with Crippen LogP contribution in [0.4, 0.5) is 4.79 Å². The molecule has 25 heteroatoms. The van der Waals surface area contributed by atoms with Crippen LogP contribution in [-0.4, -0.2) is 129 Å². The van der Waals surface area contributed by atoms with Gasteiger partial charge in [-0.1, -0.05) is 302 Å². The number of aliphatic hydroxyl groups is 1. The number of aliphatic hydroxyl groups excluding tert-OH is 1. The lowest BCUT2D eigenvalue weighted by atomic mass is 9.98. The molecular weight excluding hydrogens is 1700 g/mol. The number of esters is 5. The second-order valence-electron chi connectivity index (χ2n) is 34.6. The molecule has 7 N–H and O–H groups in total. The number of pyridine rings is 2. The summed E-state index contributed by atoms with van der Waals surface area (Å²) in [4.78, 5) is 87.7. The van der Waals surface area contributed by atoms with Crippen LogP contribution < -0.4 is 16.4 Å². The first-order valence-corrected chi connectivity index (χ1v) is 48.0. The summed E-state index contributed by atoms with van der Waals surface area (Å²) in [6, 6.07) is -0.659. The van der Waals surface area contributed by atoms with Crippen LogP contribution in [0.25, 0.3) is 0 Å². The monoisotopic (exact) mass is 1880 g/mol. The molecule has 0 radical (unpaired) electrons. The molecule has 0 aliphatic carbocycles. The zero-order valence-corrected chi connectivity index (χ0v) is 83.3. The molecule has 0 aromatic carbocycles. The van der Waals surface area contributed by atoms with Crippen LogP contribution >= 0.6 is 34.2 Å². The Balaban J connectivity index is -0.000000281. The first kappa shape index (κ1) is 135. The van der Waals surface area contributed by atoms with Crippen molar-refractivity contribution < 1.29 is 82.0 Å². The number of allylic oxidation sites excluding steroid dienone is 21. The van der Waals surface area contributed by atoms with Gasteiger partial charge in [-0.25, -0.2) is 9.59 Å². The Morgan fingerprint density at radius 3 is 1.33 bits per heavy atom. The minimum absolute atomic E-state index is 0. The number of hydrogen-bond donors (Lipinski definition) is 7. The predicted molar refractivity (Wildman–Crippen MR) is 551 cm³/mol. The summed E-state index contributed by atoms with van der Waals surface area (Å²) in [6.45, 7) is 44.0. The van der Waals surface area contributed by atoms with Crippen molar-refractivity contribution in [3.63, 3.8) is 0 Å². The summed E-state index contributed by atoms with van der Waals surface area (Å²) < 4.78 is 36.4. The predicted octanol–water partition coefficient (Wildman–Crippen LogP) is 26.1. The molecule has 1 fully saturated rings. The van der Waals surface area contributed by atoms with Crippen molar-refractivity contribution in [3.8, 4) is 11.5 Å². The Kier molecular flexibility index (Phi) is 89.9. The lowest BCUT2D eigenvalue weighted by molar-refractivity contribution is -0.165. The van der Waals surface area contributed by atoms with Crippen molar-refractivity contribution in [1.29, 1.82) is 0 Å². The third-order valence-corrected chi connectivity index (χ3v) is 20.6. The van der Waals surface area contributed by atoms with Crippen molar-refractivity contribution in [3.05, 3.63) is 180 Å². The largest absolute Gasteiger partial charge is 0.506 e. The van der Waals surface area contributed by atoms with Crippen molar-refractivity contribution >= 4 is 76.1 Å². The maximum Gasteiger partial charge on any atom is 0.410 e. The Morgan fingerprint density at radius 2 is 0.946 bits per heavy atom. The average Bonchev–Trinajstić information content (AvgIpc) is 1.12. The van der Waals surface area contributed by atoms with Gasteiger partial charge in [-0.2, -0.15) is 12.6 Å². The Bertz CT molecular complexity index is 3610. The maximum absolute atomic E-state index is 11.7. The third kappa shape index (κ3) is 85.5. The van der Waals surface area contributed by atoms with E-state index in [-0.39, 0.29) is 107 Å². The van der Waals surface area contributed by atoms with Crippen LogP contribution in [0.15, 0.2) is 146 Å². The molecule has 0 spiro atoms. The zero-order valence-electron chi connectivity index (χ0n) is 80.7. The highest BCUT2D eigenvalue weighted by molar-refractivity contribution is 8.77. The smallest absolute Gasteiger partial charge is 0.410 e. The molecule has 0 saturated carbocycles. The molecule has 746 valence electrons. The number of nitrogens with zero attached hydrogens (tertiary/aromatic N) is 2. The fraction of sp³-hybridized carbons (Fsp3) is 0.629. The molecule has 0 bridgehead atoms. The molecule has 3 heterocycles. The van der Waals surface area contributed by atoms with Gasteiger partial charge in [0.1, 0.15) is 17.5 Å². The topological polar surface area (TPSA) is 321 Å². The fourth-order valence-electron chi connectivity index (χ4n) is 10.1. The molecule has 3 atom stereocenters. The summed E-state index contributed by atoms with van der Waals surface area (Å²) in [5.74, 6) is 1.57. The van der Waals surface area contributed by atoms with E-state index in [2.05, 4.69) is 210 Å². The SMILES string of the molecule is C.C.C.C.CC(=O)N[C@@H](CS)C(=O)OCC(C)(C)C.CC(C)COC(=O)CCCC[C@]1(C)CCSS1.CC/C=C\C/C=C\C/C=C\C/C=C\C/C=C\C/C=C\CC(=O)OCC(C)C.CC/C=C\C/C=C\C/C=C\C/C=C\C/C=C\CCCC(=O)OCC(C)C.Cc1ncc(CO)c(CNC(=O)OC(C)OC(=O)CC(C)C)c1O.Cc1ncc(COCC(C)(C)C)c(CN)c1O. The quantitative estimate of drug-likeness (QED) is 0.00615. The van der Waals surface area contributed by atoms with Crippen LogP contribution in [0.5, 0.6) is 11.5 Å². The summed E-state index contributed by atoms with van der Waals surface area (Å²) in [5, 5.41) is 34.0. The molecule has 1 unspecified atom stereocenters. The number of aryl methyl sites for hydroxylation is 2. The average molecular weight is 1880 g/mol. The lowest BCUT2D eigenvalue weighted by Gasteiger charge is -2.20. The van der Waals surface area contributed by atoms with Gasteiger partial charge in [0.05, 0.1) is 70.6 Å². The summed E-state index contributed by atoms with van der Waals surface area (Å²) in [6.07, 6.45) is 68.1. The van der Waals surface area contributed by atoms with Crippen LogP contribution in [0.1, 0.15) is 330 Å². The molecule has 2 aromatic rings. The summed E-state index contributed by atoms with van der Waals surface area (Å²) in [5.41, 5.74) is 9.01. The van der Waals surface area contributed by atoms with Gasteiger partial charge >= 0.3 is 35.9 Å². The van der Waals surface area contributed by atoms with E-state index in [1.165, 1.54) is 38.6 Å². The number of ether oxygens (including phenoxy) is 7. The number of alkyl carbamates (subject to hydrolysis) is 1. The molecular formula is C105H181N5O17S3. The molecule has 1 saturated heterocycles. The van der Waals surface area contributed by atoms with E-state index in [0.29, 0.717) is 110 Å². The third-order valence-electron chi connectivity index (χ3n) is 16.9. The van der Waals surface area contributed by atoms with E-state index in [1.807, 2.05) is 96.1 Å². The van der Waals surface area contributed by atoms with Gasteiger partial charge in [-0.3, -0.25) is 33.9 Å². The van der Waals surface area contributed by atoms with Crippen LogP contribution in [0.3, 0.4) is 0 Å². The first-order chi connectivity index (χ1) is 59.7. The van der Waals surface area contributed by atoms with E-state index in [9.17, 15) is 48.9 Å². The molecule has 130 heavy (non-hydrogen) atoms. The van der Waals surface area contributed by atoms with Gasteiger partial charge in [0, 0.05) is 90.6 Å². The summed E-state index contributed by atoms with van der Waals surface area (Å²) >= 11 is 3.98. The van der Waals surface area contributed by atoms with E-state index in [1.54, 1.807) is 20.0 Å². The Morgan fingerprint density at radius 1 is 0.538 bits per heavy atom. The normalized spacial score (nSPS) is 13.7. The van der Waals surface area contributed by atoms with E-state index in [4.69, 9.17) is 38.9 Å². The van der Waals surface area contributed by atoms with E-state index < -0.39 is 30.4 Å². The molecule has 22 nitrogen and oxygen atoms in total. The minimum Gasteiger partial charge on any atom is -0.506 e. The standard InChI is InChI=1S/C25H38O2.C24H38O2.C16H24N2O6.C13H22N2O2.C13H24O2S2.C10H19NO3S.4CH4/c1-4-5-6-7-8-9-10-11-12-13-14-15-16-17-18-19-20-21-22-25(26)27-23-24(2)3;1-4-5-6-7-8-9-10-11-12-13-14-15-16-17-18-19-20-21-24(25)26-22-23(2)3;1-9(2)5-14(20)23-11(4)24-16(22)18-7-13-12(8-19)6-17-10(3)15(13)21;1-9-12(16)11(5-14)10(6-15-9)7-17-8-13(2,3)4;1-11(2)10-15-12(14)6-4-5-7-13(3)8-9-16-17-13;1-7(12)11-8(5-15)9(13)14-6-10(2,3)4;;;;/h5-6,8-9,11-12,14-15,17-18,20-21,24H,4,7,10,13,16,19,22-23H2,1-3H3;5-6,8-9,11-12,14-15,17-18,23H,4,7,10,13,16,19-22H2,1-3H3;6,9,11,19,21H,5,7-8H2,1-4H3,(H,18,22);6,16H,5,7-8,14H2,1-4H3;11H,4-10H2,1-3H3;8,15H,5-6H2,1-4H3,(H,11,12);4*1H4/b6-5-,9-8-,12-11-,15-14-,18-17-,21-20-;6-5-,9-8-,12-11-,15-14-,18-17-;;;;;;;;/t;;;;13-;8-;;;;/m....10..../s1. The maximum atomic E-state index is 11.7. The Labute approximate surface area is 803 Å². The summed E-state index contributed by atoms with van der Waals surface area (Å²) in [7, 11) is 4.00. The molecule has 3 rings (SSSR count). The van der Waals surface area contributed by atoms with Crippen molar-refractivity contribution in [2.75, 3.05) is 44.5 Å². The Hall–Kier alpha value is -7.94. The van der Waals surface area contributed by atoms with Gasteiger partial charge in [0.2, 0.25) is 12.2 Å². The number of thiol groups is 1. The number of nitrogens with one attached hydrogen (secondary N) is 2. The number of unbranched alkanes of at least 4 members (excludes halogenated alkanes) is 2. The van der Waals surface area contributed by atoms with Gasteiger partial charge in [-0.15, -0.1) is 0 Å². The van der Waals surface area contributed by atoms with Gasteiger partial charge < -0.3 is 64.8 Å². The number of carbonyl (C=O) groups is 7. The van der Waals surface area contributed by atoms with Gasteiger partial charge in [-0.05, 0) is 158 Å². The number of rotatable bonds is 52. The zero-order chi connectivity index (χ0) is 95.4. The van der Waals surface area contributed by atoms with E-state index >= 15 is 0 Å². The first-order valence-electron chi connectivity index (χ1n) is 45.0. The number of nitrogens with two attached hydrogens (primary N) is 1.